The first-order valence-corrected chi connectivity index (χ1v) is 8.74. The Morgan fingerprint density at radius 3 is 2.24 bits per heavy atom. The van der Waals surface area contributed by atoms with E-state index in [4.69, 9.17) is 8.74 Å². The summed E-state index contributed by atoms with van der Waals surface area (Å²) in [6.45, 7) is 1.92. The molecular weight excluding hydrogens is 268 g/mol. The molecule has 0 aliphatic heterocycles. The van der Waals surface area contributed by atoms with E-state index in [1.165, 1.54) is 0 Å². The standard InChI is InChI=1S/C9H18O6S2/c1-8-4-2-3-5-9(8)15-17(13,14)7-6-16(10,11)12/h8-9H,2-7H2,1H3,(H,10,11,12). The highest BCUT2D eigenvalue weighted by Crippen LogP contribution is 2.27. The Labute approximate surface area is 102 Å². The van der Waals surface area contributed by atoms with E-state index in [0.717, 1.165) is 19.3 Å². The lowest BCUT2D eigenvalue weighted by Gasteiger charge is -2.27. The first kappa shape index (κ1) is 14.9. The van der Waals surface area contributed by atoms with Crippen LogP contribution in [0.2, 0.25) is 0 Å². The smallest absolute Gasteiger partial charge is 0.268 e. The molecule has 0 bridgehead atoms. The van der Waals surface area contributed by atoms with E-state index in [9.17, 15) is 16.8 Å². The molecule has 1 aliphatic carbocycles. The number of hydrogen-bond donors (Lipinski definition) is 1. The summed E-state index contributed by atoms with van der Waals surface area (Å²) in [5, 5.41) is 0. The number of hydrogen-bond acceptors (Lipinski definition) is 5. The Balaban J connectivity index is 2.54. The molecule has 0 aromatic carbocycles. The van der Waals surface area contributed by atoms with Crippen molar-refractivity contribution in [3.8, 4) is 0 Å². The van der Waals surface area contributed by atoms with Crippen LogP contribution in [0.4, 0.5) is 0 Å². The molecule has 6 nitrogen and oxygen atoms in total. The van der Waals surface area contributed by atoms with Gasteiger partial charge in [-0.05, 0) is 18.8 Å². The largest absolute Gasteiger partial charge is 0.286 e. The van der Waals surface area contributed by atoms with Crippen molar-refractivity contribution in [3.05, 3.63) is 0 Å². The fourth-order valence-corrected chi connectivity index (χ4v) is 4.29. The molecule has 1 N–H and O–H groups in total. The third-order valence-electron chi connectivity index (χ3n) is 2.89. The van der Waals surface area contributed by atoms with Crippen LogP contribution in [0.1, 0.15) is 32.6 Å². The maximum Gasteiger partial charge on any atom is 0.268 e. The van der Waals surface area contributed by atoms with Crippen molar-refractivity contribution in [2.24, 2.45) is 5.92 Å². The summed E-state index contributed by atoms with van der Waals surface area (Å²) in [4.78, 5) is 0. The molecule has 1 fully saturated rings. The predicted molar refractivity (Wildman–Crippen MR) is 62.7 cm³/mol. The molecule has 17 heavy (non-hydrogen) atoms. The quantitative estimate of drug-likeness (QED) is 0.593. The summed E-state index contributed by atoms with van der Waals surface area (Å²) in [5.74, 6) is -1.37. The SMILES string of the molecule is CC1CCCCC1OS(=O)(=O)CCS(=O)(=O)O. The van der Waals surface area contributed by atoms with E-state index in [-0.39, 0.29) is 12.0 Å². The zero-order chi connectivity index (χ0) is 13.1. The lowest BCUT2D eigenvalue weighted by molar-refractivity contribution is 0.109. The lowest BCUT2D eigenvalue weighted by Crippen LogP contribution is -2.30. The first-order valence-electron chi connectivity index (χ1n) is 5.56. The highest BCUT2D eigenvalue weighted by molar-refractivity contribution is 7.90. The highest BCUT2D eigenvalue weighted by Gasteiger charge is 2.28. The third-order valence-corrected chi connectivity index (χ3v) is 5.12. The van der Waals surface area contributed by atoms with E-state index in [2.05, 4.69) is 0 Å². The van der Waals surface area contributed by atoms with E-state index >= 15 is 0 Å². The third kappa shape index (κ3) is 5.80. The van der Waals surface area contributed by atoms with Gasteiger partial charge in [0.25, 0.3) is 20.2 Å². The second-order valence-corrected chi connectivity index (χ2v) is 7.73. The summed E-state index contributed by atoms with van der Waals surface area (Å²) < 4.78 is 57.4. The molecule has 2 atom stereocenters. The van der Waals surface area contributed by atoms with Gasteiger partial charge in [0.05, 0.1) is 17.6 Å². The fourth-order valence-electron chi connectivity index (χ4n) is 1.87. The maximum atomic E-state index is 11.5. The van der Waals surface area contributed by atoms with Crippen LogP contribution < -0.4 is 0 Å². The molecule has 0 radical (unpaired) electrons. The van der Waals surface area contributed by atoms with Gasteiger partial charge in [-0.1, -0.05) is 19.8 Å². The molecule has 0 saturated heterocycles. The van der Waals surface area contributed by atoms with Crippen LogP contribution in [0.15, 0.2) is 0 Å². The molecule has 1 rings (SSSR count). The van der Waals surface area contributed by atoms with Crippen LogP contribution in [0, 0.1) is 5.92 Å². The van der Waals surface area contributed by atoms with Crippen molar-refractivity contribution in [1.82, 2.24) is 0 Å². The van der Waals surface area contributed by atoms with Crippen LogP contribution in [-0.4, -0.2) is 39.0 Å². The monoisotopic (exact) mass is 286 g/mol. The summed E-state index contributed by atoms with van der Waals surface area (Å²) in [6.07, 6.45) is 3.20. The van der Waals surface area contributed by atoms with Crippen LogP contribution in [0.5, 0.6) is 0 Å². The topological polar surface area (TPSA) is 97.7 Å². The maximum absolute atomic E-state index is 11.5. The Hall–Kier alpha value is -0.180. The van der Waals surface area contributed by atoms with Gasteiger partial charge in [0.1, 0.15) is 0 Å². The number of rotatable bonds is 5. The van der Waals surface area contributed by atoms with Crippen LogP contribution >= 0.6 is 0 Å². The van der Waals surface area contributed by atoms with Crippen molar-refractivity contribution in [2.75, 3.05) is 11.5 Å². The molecule has 1 aliphatic rings. The summed E-state index contributed by atoms with van der Waals surface area (Å²) in [5.41, 5.74) is 0. The molecule has 1 saturated carbocycles. The van der Waals surface area contributed by atoms with Crippen molar-refractivity contribution < 1.29 is 25.6 Å². The Bertz CT molecular complexity index is 438. The average molecular weight is 286 g/mol. The fraction of sp³-hybridized carbons (Fsp3) is 1.00. The molecular formula is C9H18O6S2. The highest BCUT2D eigenvalue weighted by atomic mass is 32.2. The molecule has 2 unspecified atom stereocenters. The molecule has 8 heteroatoms. The van der Waals surface area contributed by atoms with Crippen LogP contribution in [-0.2, 0) is 24.4 Å². The minimum absolute atomic E-state index is 0.157. The van der Waals surface area contributed by atoms with Gasteiger partial charge in [-0.2, -0.15) is 16.8 Å². The van der Waals surface area contributed by atoms with Crippen LogP contribution in [0.25, 0.3) is 0 Å². The van der Waals surface area contributed by atoms with Gasteiger partial charge >= 0.3 is 0 Å². The van der Waals surface area contributed by atoms with Crippen molar-refractivity contribution in [3.63, 3.8) is 0 Å². The second kappa shape index (κ2) is 5.64. The van der Waals surface area contributed by atoms with Gasteiger partial charge in [0.15, 0.2) is 0 Å². The normalized spacial score (nSPS) is 26.9. The molecule has 0 aromatic heterocycles. The van der Waals surface area contributed by atoms with Gasteiger partial charge in [0, 0.05) is 0 Å². The van der Waals surface area contributed by atoms with E-state index in [0.29, 0.717) is 6.42 Å². The first-order chi connectivity index (χ1) is 7.70. The average Bonchev–Trinajstić information content (AvgIpc) is 2.18. The van der Waals surface area contributed by atoms with Gasteiger partial charge < -0.3 is 0 Å². The van der Waals surface area contributed by atoms with E-state index in [1.807, 2.05) is 6.92 Å². The van der Waals surface area contributed by atoms with Crippen molar-refractivity contribution >= 4 is 20.2 Å². The second-order valence-electron chi connectivity index (χ2n) is 4.44. The van der Waals surface area contributed by atoms with Gasteiger partial charge in [-0.15, -0.1) is 0 Å². The van der Waals surface area contributed by atoms with Crippen molar-refractivity contribution in [1.29, 1.82) is 0 Å². The van der Waals surface area contributed by atoms with E-state index in [1.54, 1.807) is 0 Å². The van der Waals surface area contributed by atoms with Gasteiger partial charge in [-0.25, -0.2) is 0 Å². The zero-order valence-corrected chi connectivity index (χ0v) is 11.3. The summed E-state index contributed by atoms with van der Waals surface area (Å²) in [7, 11) is -8.16. The summed E-state index contributed by atoms with van der Waals surface area (Å²) in [6, 6.07) is 0. The van der Waals surface area contributed by atoms with E-state index < -0.39 is 31.7 Å². The van der Waals surface area contributed by atoms with Gasteiger partial charge in [0.2, 0.25) is 0 Å². The molecule has 0 heterocycles. The lowest BCUT2D eigenvalue weighted by atomic mass is 9.88. The predicted octanol–water partition coefficient (Wildman–Crippen LogP) is 0.799. The minimum Gasteiger partial charge on any atom is -0.286 e. The Morgan fingerprint density at radius 2 is 1.71 bits per heavy atom. The molecule has 0 spiro atoms. The minimum atomic E-state index is -4.27. The molecule has 102 valence electrons. The Kier molecular flexibility index (Phi) is 4.94. The van der Waals surface area contributed by atoms with Gasteiger partial charge in [-0.3, -0.25) is 8.74 Å². The van der Waals surface area contributed by atoms with Crippen molar-refractivity contribution in [2.45, 2.75) is 38.7 Å². The molecule has 0 aromatic rings. The Morgan fingerprint density at radius 1 is 1.12 bits per heavy atom. The van der Waals surface area contributed by atoms with Crippen LogP contribution in [0.3, 0.4) is 0 Å². The summed E-state index contributed by atoms with van der Waals surface area (Å²) >= 11 is 0. The zero-order valence-electron chi connectivity index (χ0n) is 9.70. The molecule has 0 amide bonds.